The molecular formula is C8H6F3N3OS. The number of hydrogen-bond donors (Lipinski definition) is 0. The first-order valence-electron chi connectivity index (χ1n) is 4.25. The molecule has 2 aromatic heterocycles. The third kappa shape index (κ3) is 1.49. The van der Waals surface area contributed by atoms with Gasteiger partial charge >= 0.3 is 6.18 Å². The third-order valence-corrected chi connectivity index (χ3v) is 2.92. The van der Waals surface area contributed by atoms with Gasteiger partial charge in [-0.15, -0.1) is 0 Å². The zero-order valence-electron chi connectivity index (χ0n) is 8.29. The van der Waals surface area contributed by atoms with Crippen LogP contribution in [0.4, 0.5) is 13.2 Å². The van der Waals surface area contributed by atoms with E-state index in [0.29, 0.717) is 5.82 Å². The molecule has 0 aliphatic carbocycles. The highest BCUT2D eigenvalue weighted by Gasteiger charge is 2.36. The smallest absolute Gasteiger partial charge is 0.268 e. The number of fused-ring (bicyclic) bond motifs is 1. The highest BCUT2D eigenvalue weighted by Crippen LogP contribution is 2.29. The molecule has 0 radical (unpaired) electrons. The van der Waals surface area contributed by atoms with E-state index in [9.17, 15) is 18.0 Å². The minimum atomic E-state index is -4.62. The summed E-state index contributed by atoms with van der Waals surface area (Å²) in [4.78, 5) is 15.0. The number of hydrogen-bond acceptors (Lipinski definition) is 4. The highest BCUT2D eigenvalue weighted by molar-refractivity contribution is 7.11. The summed E-state index contributed by atoms with van der Waals surface area (Å²) in [5.41, 5.74) is -2.27. The van der Waals surface area contributed by atoms with Crippen molar-refractivity contribution in [1.29, 1.82) is 0 Å². The summed E-state index contributed by atoms with van der Waals surface area (Å²) in [7, 11) is 0. The summed E-state index contributed by atoms with van der Waals surface area (Å²) in [6.45, 7) is 2.65. The summed E-state index contributed by atoms with van der Waals surface area (Å²) in [5, 5.41) is 0. The van der Waals surface area contributed by atoms with Gasteiger partial charge in [0, 0.05) is 17.1 Å². The normalized spacial score (nSPS) is 12.3. The Morgan fingerprint density at radius 3 is 2.50 bits per heavy atom. The largest absolute Gasteiger partial charge is 0.433 e. The SMILES string of the molecule is Cc1c(C(F)(F)F)nc2snc(C)n2c1=O. The van der Waals surface area contributed by atoms with Gasteiger partial charge in [0.05, 0.1) is 0 Å². The molecular weight excluding hydrogens is 243 g/mol. The van der Waals surface area contributed by atoms with Crippen LogP contribution in [0, 0.1) is 13.8 Å². The molecule has 16 heavy (non-hydrogen) atoms. The van der Waals surface area contributed by atoms with E-state index in [4.69, 9.17) is 0 Å². The topological polar surface area (TPSA) is 47.3 Å². The van der Waals surface area contributed by atoms with Crippen molar-refractivity contribution in [3.63, 3.8) is 0 Å². The average molecular weight is 249 g/mol. The molecule has 0 saturated carbocycles. The average Bonchev–Trinajstić information content (AvgIpc) is 2.52. The molecule has 0 aliphatic rings. The predicted molar refractivity (Wildman–Crippen MR) is 51.6 cm³/mol. The van der Waals surface area contributed by atoms with E-state index in [-0.39, 0.29) is 4.96 Å². The van der Waals surface area contributed by atoms with Crippen molar-refractivity contribution in [2.24, 2.45) is 0 Å². The van der Waals surface area contributed by atoms with Crippen molar-refractivity contribution >= 4 is 16.5 Å². The van der Waals surface area contributed by atoms with Gasteiger partial charge in [-0.1, -0.05) is 0 Å². The van der Waals surface area contributed by atoms with Crippen molar-refractivity contribution in [3.8, 4) is 0 Å². The van der Waals surface area contributed by atoms with Crippen molar-refractivity contribution < 1.29 is 13.2 Å². The van der Waals surface area contributed by atoms with E-state index < -0.39 is 23.0 Å². The van der Waals surface area contributed by atoms with Gasteiger partial charge < -0.3 is 0 Å². The van der Waals surface area contributed by atoms with E-state index in [2.05, 4.69) is 9.36 Å². The van der Waals surface area contributed by atoms with Crippen LogP contribution in [0.3, 0.4) is 0 Å². The number of rotatable bonds is 0. The number of nitrogens with zero attached hydrogens (tertiary/aromatic N) is 3. The van der Waals surface area contributed by atoms with Gasteiger partial charge in [-0.05, 0) is 13.8 Å². The van der Waals surface area contributed by atoms with Crippen molar-refractivity contribution in [3.05, 3.63) is 27.4 Å². The minimum Gasteiger partial charge on any atom is -0.268 e. The van der Waals surface area contributed by atoms with Crippen LogP contribution >= 0.6 is 11.5 Å². The zero-order chi connectivity index (χ0) is 12.1. The van der Waals surface area contributed by atoms with Gasteiger partial charge in [0.25, 0.3) is 5.56 Å². The van der Waals surface area contributed by atoms with Crippen LogP contribution in [-0.4, -0.2) is 13.8 Å². The zero-order valence-corrected chi connectivity index (χ0v) is 9.11. The summed E-state index contributed by atoms with van der Waals surface area (Å²) in [6.07, 6.45) is -4.62. The monoisotopic (exact) mass is 249 g/mol. The van der Waals surface area contributed by atoms with Crippen molar-refractivity contribution in [1.82, 2.24) is 13.8 Å². The Balaban J connectivity index is 2.92. The number of halogens is 3. The molecule has 0 aliphatic heterocycles. The van der Waals surface area contributed by atoms with Crippen molar-refractivity contribution in [2.75, 3.05) is 0 Å². The van der Waals surface area contributed by atoms with Crippen LogP contribution in [0.1, 0.15) is 17.1 Å². The predicted octanol–water partition coefficient (Wildman–Crippen LogP) is 1.79. The Morgan fingerprint density at radius 2 is 1.94 bits per heavy atom. The van der Waals surface area contributed by atoms with Gasteiger partial charge in [0.15, 0.2) is 5.69 Å². The second-order valence-corrected chi connectivity index (χ2v) is 3.97. The van der Waals surface area contributed by atoms with Gasteiger partial charge in [-0.3, -0.25) is 4.79 Å². The maximum absolute atomic E-state index is 12.5. The summed E-state index contributed by atoms with van der Waals surface area (Å²) in [5.74, 6) is 0.342. The quantitative estimate of drug-likeness (QED) is 0.715. The molecule has 0 aromatic carbocycles. The summed E-state index contributed by atoms with van der Waals surface area (Å²) >= 11 is 0.769. The van der Waals surface area contributed by atoms with E-state index >= 15 is 0 Å². The van der Waals surface area contributed by atoms with Gasteiger partial charge in [0.1, 0.15) is 5.82 Å². The highest BCUT2D eigenvalue weighted by atomic mass is 32.1. The second-order valence-electron chi connectivity index (χ2n) is 3.24. The first kappa shape index (κ1) is 11.1. The Hall–Kier alpha value is -1.44. The van der Waals surface area contributed by atoms with Gasteiger partial charge in [-0.25, -0.2) is 9.38 Å². The molecule has 2 rings (SSSR count). The third-order valence-electron chi connectivity index (χ3n) is 2.13. The van der Waals surface area contributed by atoms with Crippen LogP contribution < -0.4 is 5.56 Å². The van der Waals surface area contributed by atoms with Crippen molar-refractivity contribution in [2.45, 2.75) is 20.0 Å². The molecule has 86 valence electrons. The lowest BCUT2D eigenvalue weighted by molar-refractivity contribution is -0.141. The van der Waals surface area contributed by atoms with Gasteiger partial charge in [-0.2, -0.15) is 17.5 Å². The molecule has 0 amide bonds. The Bertz CT molecular complexity index is 613. The molecule has 8 heteroatoms. The maximum Gasteiger partial charge on any atom is 0.433 e. The minimum absolute atomic E-state index is 0.0413. The molecule has 0 fully saturated rings. The standard InChI is InChI=1S/C8H6F3N3OS/c1-3-5(8(9,10)11)12-7-14(6(3)15)4(2)13-16-7/h1-2H3. The molecule has 2 heterocycles. The fourth-order valence-electron chi connectivity index (χ4n) is 1.36. The number of alkyl halides is 3. The van der Waals surface area contributed by atoms with Crippen LogP contribution in [-0.2, 0) is 6.18 Å². The number of aromatic nitrogens is 3. The van der Waals surface area contributed by atoms with E-state index in [0.717, 1.165) is 22.9 Å². The first-order valence-corrected chi connectivity index (χ1v) is 5.02. The van der Waals surface area contributed by atoms with E-state index in [1.165, 1.54) is 0 Å². The lowest BCUT2D eigenvalue weighted by Gasteiger charge is -2.08. The lowest BCUT2D eigenvalue weighted by atomic mass is 10.2. The van der Waals surface area contributed by atoms with Crippen LogP contribution in [0.15, 0.2) is 4.79 Å². The molecule has 0 bridgehead atoms. The fourth-order valence-corrected chi connectivity index (χ4v) is 2.08. The Kier molecular flexibility index (Phi) is 2.26. The lowest BCUT2D eigenvalue weighted by Crippen LogP contribution is -2.24. The fraction of sp³-hybridized carbons (Fsp3) is 0.375. The second kappa shape index (κ2) is 3.27. The molecule has 0 spiro atoms. The molecule has 0 N–H and O–H groups in total. The Morgan fingerprint density at radius 1 is 1.31 bits per heavy atom. The first-order chi connectivity index (χ1) is 7.32. The summed E-state index contributed by atoms with van der Waals surface area (Å²) < 4.78 is 42.5. The van der Waals surface area contributed by atoms with Crippen LogP contribution in [0.5, 0.6) is 0 Å². The molecule has 2 aromatic rings. The molecule has 0 atom stereocenters. The van der Waals surface area contributed by atoms with E-state index in [1.807, 2.05) is 0 Å². The maximum atomic E-state index is 12.5. The van der Waals surface area contributed by atoms with E-state index in [1.54, 1.807) is 6.92 Å². The summed E-state index contributed by atoms with van der Waals surface area (Å²) in [6, 6.07) is 0. The van der Waals surface area contributed by atoms with Crippen LogP contribution in [0.2, 0.25) is 0 Å². The molecule has 4 nitrogen and oxygen atoms in total. The Labute approximate surface area is 91.5 Å². The molecule has 0 unspecified atom stereocenters. The number of aryl methyl sites for hydroxylation is 1. The van der Waals surface area contributed by atoms with Gasteiger partial charge in [0.2, 0.25) is 4.96 Å². The molecule has 0 saturated heterocycles. The van der Waals surface area contributed by atoms with Crippen LogP contribution in [0.25, 0.3) is 4.96 Å².